The molecule has 2 N–H and O–H groups in total. The number of hydrogen-bond donors (Lipinski definition) is 2. The Bertz CT molecular complexity index is 418. The molecule has 5 heteroatoms. The molecule has 1 amide bonds. The van der Waals surface area contributed by atoms with Gasteiger partial charge in [-0.05, 0) is 47.0 Å². The molecule has 3 nitrogen and oxygen atoms in total. The van der Waals surface area contributed by atoms with Gasteiger partial charge in [-0.3, -0.25) is 4.79 Å². The van der Waals surface area contributed by atoms with Crippen molar-refractivity contribution in [3.8, 4) is 0 Å². The number of halogens is 2. The first-order valence-electron chi connectivity index (χ1n) is 5.00. The summed E-state index contributed by atoms with van der Waals surface area (Å²) in [6.45, 7) is 0. The van der Waals surface area contributed by atoms with Gasteiger partial charge >= 0.3 is 0 Å². The van der Waals surface area contributed by atoms with Gasteiger partial charge in [-0.2, -0.15) is 0 Å². The second-order valence-corrected chi connectivity index (χ2v) is 5.21. The Hall–Kier alpha value is -0.580. The topological polar surface area (TPSA) is 49.3 Å². The Kier molecular flexibility index (Phi) is 3.52. The normalized spacial score (nSPS) is 23.7. The third-order valence-electron chi connectivity index (χ3n) is 2.62. The molecule has 1 aliphatic rings. The third-order valence-corrected chi connectivity index (χ3v) is 3.52. The molecule has 86 valence electrons. The van der Waals surface area contributed by atoms with E-state index < -0.39 is 0 Å². The number of amides is 1. The van der Waals surface area contributed by atoms with Crippen LogP contribution >= 0.6 is 27.5 Å². The van der Waals surface area contributed by atoms with Crippen LogP contribution in [0.4, 0.5) is 0 Å². The Morgan fingerprint density at radius 2 is 2.19 bits per heavy atom. The molecule has 1 saturated carbocycles. The molecule has 16 heavy (non-hydrogen) atoms. The zero-order chi connectivity index (χ0) is 11.7. The number of carbonyl (C=O) groups is 1. The van der Waals surface area contributed by atoms with Crippen LogP contribution < -0.4 is 5.32 Å². The van der Waals surface area contributed by atoms with E-state index in [1.54, 1.807) is 18.2 Å². The minimum atomic E-state index is -0.265. The van der Waals surface area contributed by atoms with Gasteiger partial charge in [-0.25, -0.2) is 0 Å². The smallest absolute Gasteiger partial charge is 0.252 e. The van der Waals surface area contributed by atoms with Gasteiger partial charge in [0.2, 0.25) is 0 Å². The van der Waals surface area contributed by atoms with Crippen LogP contribution in [0.3, 0.4) is 0 Å². The molecule has 0 heterocycles. The summed E-state index contributed by atoms with van der Waals surface area (Å²) in [5.74, 6) is -0.138. The summed E-state index contributed by atoms with van der Waals surface area (Å²) in [6, 6.07) is 5.13. The highest BCUT2D eigenvalue weighted by molar-refractivity contribution is 9.10. The molecule has 0 saturated heterocycles. The van der Waals surface area contributed by atoms with Crippen molar-refractivity contribution >= 4 is 33.4 Å². The SMILES string of the molecule is O=C(NC1CC(O)C1)c1ccc(Cl)cc1Br. The first-order valence-corrected chi connectivity index (χ1v) is 6.17. The quantitative estimate of drug-likeness (QED) is 0.881. The maximum Gasteiger partial charge on any atom is 0.252 e. The average Bonchev–Trinajstić information content (AvgIpc) is 2.15. The molecule has 0 aromatic heterocycles. The van der Waals surface area contributed by atoms with Crippen LogP contribution in [0.5, 0.6) is 0 Å². The fraction of sp³-hybridized carbons (Fsp3) is 0.364. The van der Waals surface area contributed by atoms with Crippen LogP contribution in [-0.4, -0.2) is 23.2 Å². The minimum Gasteiger partial charge on any atom is -0.393 e. The highest BCUT2D eigenvalue weighted by Crippen LogP contribution is 2.23. The van der Waals surface area contributed by atoms with E-state index in [1.807, 2.05) is 0 Å². The number of hydrogen-bond acceptors (Lipinski definition) is 2. The first-order chi connectivity index (χ1) is 7.56. The molecule has 0 atom stereocenters. The summed E-state index contributed by atoms with van der Waals surface area (Å²) in [6.07, 6.45) is 1.01. The summed E-state index contributed by atoms with van der Waals surface area (Å²) < 4.78 is 0.678. The summed E-state index contributed by atoms with van der Waals surface area (Å²) >= 11 is 9.08. The number of aliphatic hydroxyl groups is 1. The van der Waals surface area contributed by atoms with Gasteiger partial charge < -0.3 is 10.4 Å². The molecule has 1 aromatic carbocycles. The predicted molar refractivity (Wildman–Crippen MR) is 65.6 cm³/mol. The number of carbonyl (C=O) groups excluding carboxylic acids is 1. The van der Waals surface area contributed by atoms with E-state index in [4.69, 9.17) is 16.7 Å². The molecule has 2 rings (SSSR count). The van der Waals surface area contributed by atoms with Gasteiger partial charge in [0.15, 0.2) is 0 Å². The number of aliphatic hydroxyl groups excluding tert-OH is 1. The third kappa shape index (κ3) is 2.56. The second-order valence-electron chi connectivity index (χ2n) is 3.92. The van der Waals surface area contributed by atoms with Crippen LogP contribution in [0.15, 0.2) is 22.7 Å². The lowest BCUT2D eigenvalue weighted by Gasteiger charge is -2.32. The predicted octanol–water partition coefficient (Wildman–Crippen LogP) is 2.36. The van der Waals surface area contributed by atoms with Crippen molar-refractivity contribution < 1.29 is 9.90 Å². The van der Waals surface area contributed by atoms with Crippen molar-refractivity contribution in [1.82, 2.24) is 5.32 Å². The Morgan fingerprint density at radius 3 is 2.75 bits per heavy atom. The Labute approximate surface area is 107 Å². The number of rotatable bonds is 2. The monoisotopic (exact) mass is 303 g/mol. The van der Waals surface area contributed by atoms with Gasteiger partial charge in [-0.15, -0.1) is 0 Å². The van der Waals surface area contributed by atoms with Gasteiger partial charge in [-0.1, -0.05) is 11.6 Å². The van der Waals surface area contributed by atoms with Gasteiger partial charge in [0.05, 0.1) is 11.7 Å². The van der Waals surface area contributed by atoms with E-state index >= 15 is 0 Å². The summed E-state index contributed by atoms with van der Waals surface area (Å²) in [5.41, 5.74) is 0.561. The van der Waals surface area contributed by atoms with Crippen LogP contribution in [0.2, 0.25) is 5.02 Å². The van der Waals surface area contributed by atoms with Crippen LogP contribution in [0.25, 0.3) is 0 Å². The van der Waals surface area contributed by atoms with Crippen LogP contribution in [-0.2, 0) is 0 Å². The highest BCUT2D eigenvalue weighted by atomic mass is 79.9. The maximum atomic E-state index is 11.8. The fourth-order valence-electron chi connectivity index (χ4n) is 1.64. The van der Waals surface area contributed by atoms with E-state index in [0.29, 0.717) is 27.9 Å². The van der Waals surface area contributed by atoms with Crippen molar-refractivity contribution in [2.45, 2.75) is 25.0 Å². The molecule has 0 radical (unpaired) electrons. The van der Waals surface area contributed by atoms with Gasteiger partial charge in [0, 0.05) is 15.5 Å². The molecular formula is C11H11BrClNO2. The van der Waals surface area contributed by atoms with E-state index in [1.165, 1.54) is 0 Å². The van der Waals surface area contributed by atoms with E-state index in [9.17, 15) is 4.79 Å². The summed E-state index contributed by atoms with van der Waals surface area (Å²) in [7, 11) is 0. The molecular weight excluding hydrogens is 293 g/mol. The van der Waals surface area contributed by atoms with Crippen molar-refractivity contribution in [2.75, 3.05) is 0 Å². The lowest BCUT2D eigenvalue weighted by atomic mass is 9.89. The van der Waals surface area contributed by atoms with Crippen LogP contribution in [0, 0.1) is 0 Å². The summed E-state index contributed by atoms with van der Waals surface area (Å²) in [4.78, 5) is 11.8. The maximum absolute atomic E-state index is 11.8. The van der Waals surface area contributed by atoms with Crippen molar-refractivity contribution in [3.63, 3.8) is 0 Å². The number of benzene rings is 1. The Morgan fingerprint density at radius 1 is 1.50 bits per heavy atom. The van der Waals surface area contributed by atoms with E-state index in [-0.39, 0.29) is 18.1 Å². The fourth-order valence-corrected chi connectivity index (χ4v) is 2.51. The van der Waals surface area contributed by atoms with Crippen molar-refractivity contribution in [1.29, 1.82) is 0 Å². The van der Waals surface area contributed by atoms with Crippen molar-refractivity contribution in [2.24, 2.45) is 0 Å². The van der Waals surface area contributed by atoms with E-state index in [0.717, 1.165) is 0 Å². The molecule has 0 unspecified atom stereocenters. The second kappa shape index (κ2) is 4.73. The lowest BCUT2D eigenvalue weighted by Crippen LogP contribution is -2.46. The van der Waals surface area contributed by atoms with Gasteiger partial charge in [0.25, 0.3) is 5.91 Å². The molecule has 1 aliphatic carbocycles. The molecule has 0 bridgehead atoms. The molecule has 0 spiro atoms. The molecule has 0 aliphatic heterocycles. The van der Waals surface area contributed by atoms with Crippen LogP contribution in [0.1, 0.15) is 23.2 Å². The minimum absolute atomic E-state index is 0.0880. The Balaban J connectivity index is 2.03. The summed E-state index contributed by atoms with van der Waals surface area (Å²) in [5, 5.41) is 12.6. The zero-order valence-corrected chi connectivity index (χ0v) is 10.8. The first kappa shape index (κ1) is 11.9. The lowest BCUT2D eigenvalue weighted by molar-refractivity contribution is 0.0562. The number of nitrogens with one attached hydrogen (secondary N) is 1. The van der Waals surface area contributed by atoms with Crippen molar-refractivity contribution in [3.05, 3.63) is 33.3 Å². The average molecular weight is 305 g/mol. The zero-order valence-electron chi connectivity index (χ0n) is 8.41. The standard InChI is InChI=1S/C11H11BrClNO2/c12-10-3-6(13)1-2-9(10)11(16)14-7-4-8(15)5-7/h1-3,7-8,15H,4-5H2,(H,14,16). The molecule has 1 aromatic rings. The largest absolute Gasteiger partial charge is 0.393 e. The van der Waals surface area contributed by atoms with Gasteiger partial charge in [0.1, 0.15) is 0 Å². The highest BCUT2D eigenvalue weighted by Gasteiger charge is 2.28. The molecule has 1 fully saturated rings. The van der Waals surface area contributed by atoms with E-state index in [2.05, 4.69) is 21.2 Å².